The zero-order valence-corrected chi connectivity index (χ0v) is 16.9. The Morgan fingerprint density at radius 2 is 1.24 bits per heavy atom. The van der Waals surface area contributed by atoms with Gasteiger partial charge in [0.25, 0.3) is 0 Å². The van der Waals surface area contributed by atoms with E-state index in [0.717, 1.165) is 25.7 Å². The minimum Gasteiger partial charge on any atom is -0.464 e. The number of carbonyl (C=O) groups is 2. The minimum atomic E-state index is -0.544. The molecular formula is C21H41NO3. The molecule has 0 aliphatic heterocycles. The van der Waals surface area contributed by atoms with Crippen molar-refractivity contribution in [3.63, 3.8) is 0 Å². The Morgan fingerprint density at radius 1 is 0.760 bits per heavy atom. The van der Waals surface area contributed by atoms with Crippen LogP contribution in [0.2, 0.25) is 0 Å². The number of carbonyl (C=O) groups excluding carboxylic acids is 2. The SMILES string of the molecule is CCCCCCCCCCOC(=O)C(C)NC(=O)CCCCCCC. The molecule has 0 aromatic rings. The van der Waals surface area contributed by atoms with Crippen molar-refractivity contribution in [3.8, 4) is 0 Å². The Kier molecular flexibility index (Phi) is 17.0. The third kappa shape index (κ3) is 16.2. The molecule has 0 saturated carbocycles. The van der Waals surface area contributed by atoms with Crippen LogP contribution in [0.15, 0.2) is 0 Å². The van der Waals surface area contributed by atoms with Crippen molar-refractivity contribution in [1.29, 1.82) is 0 Å². The van der Waals surface area contributed by atoms with Crippen LogP contribution in [0.25, 0.3) is 0 Å². The van der Waals surface area contributed by atoms with Crippen LogP contribution in [0, 0.1) is 0 Å². The summed E-state index contributed by atoms with van der Waals surface area (Å²) in [7, 11) is 0. The van der Waals surface area contributed by atoms with Crippen LogP contribution in [0.4, 0.5) is 0 Å². The first kappa shape index (κ1) is 23.9. The lowest BCUT2D eigenvalue weighted by Crippen LogP contribution is -2.39. The van der Waals surface area contributed by atoms with E-state index >= 15 is 0 Å². The Balaban J connectivity index is 3.53. The van der Waals surface area contributed by atoms with Crippen LogP contribution < -0.4 is 5.32 Å². The molecule has 1 N–H and O–H groups in total. The Morgan fingerprint density at radius 3 is 1.80 bits per heavy atom. The zero-order chi connectivity index (χ0) is 18.8. The number of esters is 1. The second-order valence-corrected chi connectivity index (χ2v) is 7.10. The lowest BCUT2D eigenvalue weighted by Gasteiger charge is -2.13. The van der Waals surface area contributed by atoms with Gasteiger partial charge < -0.3 is 10.1 Å². The molecule has 148 valence electrons. The van der Waals surface area contributed by atoms with E-state index in [-0.39, 0.29) is 11.9 Å². The van der Waals surface area contributed by atoms with Crippen LogP contribution in [0.3, 0.4) is 0 Å². The van der Waals surface area contributed by atoms with Crippen molar-refractivity contribution < 1.29 is 14.3 Å². The molecule has 0 aliphatic rings. The fourth-order valence-corrected chi connectivity index (χ4v) is 2.80. The van der Waals surface area contributed by atoms with Crippen molar-refractivity contribution >= 4 is 11.9 Å². The number of rotatable bonds is 17. The van der Waals surface area contributed by atoms with Gasteiger partial charge in [0, 0.05) is 6.42 Å². The highest BCUT2D eigenvalue weighted by molar-refractivity contribution is 5.84. The summed E-state index contributed by atoms with van der Waals surface area (Å²) in [6.07, 6.45) is 15.9. The summed E-state index contributed by atoms with van der Waals surface area (Å²) in [5.41, 5.74) is 0. The van der Waals surface area contributed by atoms with Gasteiger partial charge in [-0.2, -0.15) is 0 Å². The van der Waals surface area contributed by atoms with Crippen molar-refractivity contribution in [3.05, 3.63) is 0 Å². The summed E-state index contributed by atoms with van der Waals surface area (Å²) in [6, 6.07) is -0.544. The highest BCUT2D eigenvalue weighted by Crippen LogP contribution is 2.08. The topological polar surface area (TPSA) is 55.4 Å². The standard InChI is InChI=1S/C21H41NO3/c1-4-6-8-10-11-12-14-16-18-25-21(24)19(3)22-20(23)17-15-13-9-7-5-2/h19H,4-18H2,1-3H3,(H,22,23). The first-order valence-electron chi connectivity index (χ1n) is 10.6. The molecule has 0 radical (unpaired) electrons. The Bertz CT molecular complexity index is 331. The van der Waals surface area contributed by atoms with Crippen LogP contribution in [-0.4, -0.2) is 24.5 Å². The molecule has 4 nitrogen and oxygen atoms in total. The molecule has 0 heterocycles. The second kappa shape index (κ2) is 17.8. The number of unbranched alkanes of at least 4 members (excludes halogenated alkanes) is 11. The summed E-state index contributed by atoms with van der Waals surface area (Å²) in [6.45, 7) is 6.56. The molecule has 0 spiro atoms. The van der Waals surface area contributed by atoms with Crippen molar-refractivity contribution in [2.45, 2.75) is 117 Å². The van der Waals surface area contributed by atoms with E-state index in [1.807, 2.05) is 0 Å². The summed E-state index contributed by atoms with van der Waals surface area (Å²) in [5, 5.41) is 2.74. The van der Waals surface area contributed by atoms with E-state index in [0.29, 0.717) is 13.0 Å². The largest absolute Gasteiger partial charge is 0.464 e. The molecule has 0 aromatic heterocycles. The molecule has 25 heavy (non-hydrogen) atoms. The molecule has 0 aliphatic carbocycles. The van der Waals surface area contributed by atoms with Gasteiger partial charge >= 0.3 is 5.97 Å². The fraction of sp³-hybridized carbons (Fsp3) is 0.905. The smallest absolute Gasteiger partial charge is 0.328 e. The maximum Gasteiger partial charge on any atom is 0.328 e. The van der Waals surface area contributed by atoms with Gasteiger partial charge in [-0.25, -0.2) is 4.79 Å². The summed E-state index contributed by atoms with van der Waals surface area (Å²) >= 11 is 0. The fourth-order valence-electron chi connectivity index (χ4n) is 2.80. The van der Waals surface area contributed by atoms with Crippen molar-refractivity contribution in [2.24, 2.45) is 0 Å². The van der Waals surface area contributed by atoms with Gasteiger partial charge in [0.15, 0.2) is 0 Å². The first-order valence-corrected chi connectivity index (χ1v) is 10.6. The van der Waals surface area contributed by atoms with Crippen molar-refractivity contribution in [2.75, 3.05) is 6.61 Å². The maximum absolute atomic E-state index is 11.9. The second-order valence-electron chi connectivity index (χ2n) is 7.10. The summed E-state index contributed by atoms with van der Waals surface area (Å²) < 4.78 is 5.25. The average molecular weight is 356 g/mol. The van der Waals surface area contributed by atoms with E-state index < -0.39 is 6.04 Å². The first-order chi connectivity index (χ1) is 12.1. The summed E-state index contributed by atoms with van der Waals surface area (Å²) in [4.78, 5) is 23.7. The normalized spacial score (nSPS) is 12.0. The van der Waals surface area contributed by atoms with Gasteiger partial charge in [-0.3, -0.25) is 4.79 Å². The number of ether oxygens (including phenoxy) is 1. The quantitative estimate of drug-likeness (QED) is 0.275. The van der Waals surface area contributed by atoms with Gasteiger partial charge in [0.1, 0.15) is 6.04 Å². The molecule has 4 heteroatoms. The molecule has 0 rings (SSSR count). The van der Waals surface area contributed by atoms with E-state index in [9.17, 15) is 9.59 Å². The number of amides is 1. The van der Waals surface area contributed by atoms with Gasteiger partial charge in [0.2, 0.25) is 5.91 Å². The number of hydrogen-bond donors (Lipinski definition) is 1. The van der Waals surface area contributed by atoms with Gasteiger partial charge in [-0.05, 0) is 19.8 Å². The molecule has 1 atom stereocenters. The number of nitrogens with one attached hydrogen (secondary N) is 1. The average Bonchev–Trinajstić information content (AvgIpc) is 2.59. The van der Waals surface area contributed by atoms with Crippen LogP contribution in [0.1, 0.15) is 111 Å². The number of hydrogen-bond acceptors (Lipinski definition) is 3. The molecule has 0 bridgehead atoms. The summed E-state index contributed by atoms with van der Waals surface area (Å²) in [5.74, 6) is -0.365. The van der Waals surface area contributed by atoms with Crippen molar-refractivity contribution in [1.82, 2.24) is 5.32 Å². The lowest BCUT2D eigenvalue weighted by molar-refractivity contribution is -0.147. The lowest BCUT2D eigenvalue weighted by atomic mass is 10.1. The van der Waals surface area contributed by atoms with Crippen LogP contribution in [0.5, 0.6) is 0 Å². The van der Waals surface area contributed by atoms with E-state index in [1.54, 1.807) is 6.92 Å². The van der Waals surface area contributed by atoms with E-state index in [1.165, 1.54) is 57.8 Å². The molecule has 0 fully saturated rings. The Hall–Kier alpha value is -1.06. The van der Waals surface area contributed by atoms with Crippen LogP contribution >= 0.6 is 0 Å². The molecule has 1 amide bonds. The molecule has 0 saturated heterocycles. The Labute approximate surface area is 155 Å². The minimum absolute atomic E-state index is 0.0481. The zero-order valence-electron chi connectivity index (χ0n) is 16.9. The van der Waals surface area contributed by atoms with Crippen LogP contribution in [-0.2, 0) is 14.3 Å². The van der Waals surface area contributed by atoms with Gasteiger partial charge in [-0.1, -0.05) is 84.5 Å². The molecular weight excluding hydrogens is 314 g/mol. The third-order valence-electron chi connectivity index (χ3n) is 4.48. The predicted octanol–water partition coefficient (Wildman–Crippen LogP) is 5.54. The molecule has 0 aromatic carbocycles. The monoisotopic (exact) mass is 355 g/mol. The molecule has 1 unspecified atom stereocenters. The highest BCUT2D eigenvalue weighted by Gasteiger charge is 2.16. The van der Waals surface area contributed by atoms with Gasteiger partial charge in [-0.15, -0.1) is 0 Å². The highest BCUT2D eigenvalue weighted by atomic mass is 16.5. The predicted molar refractivity (Wildman–Crippen MR) is 105 cm³/mol. The van der Waals surface area contributed by atoms with E-state index in [2.05, 4.69) is 19.2 Å². The van der Waals surface area contributed by atoms with E-state index in [4.69, 9.17) is 4.74 Å². The van der Waals surface area contributed by atoms with Gasteiger partial charge in [0.05, 0.1) is 6.61 Å². The third-order valence-corrected chi connectivity index (χ3v) is 4.48. The maximum atomic E-state index is 11.9.